The molecule has 5 nitrogen and oxygen atoms in total. The molecule has 2 atom stereocenters. The van der Waals surface area contributed by atoms with Crippen LogP contribution >= 0.6 is 0 Å². The van der Waals surface area contributed by atoms with Crippen LogP contribution < -0.4 is 10.1 Å². The van der Waals surface area contributed by atoms with E-state index in [1.54, 1.807) is 0 Å². The highest BCUT2D eigenvalue weighted by Crippen LogP contribution is 2.46. The maximum atomic E-state index is 14.0. The van der Waals surface area contributed by atoms with Crippen molar-refractivity contribution < 1.29 is 18.7 Å². The summed E-state index contributed by atoms with van der Waals surface area (Å²) in [5.41, 5.74) is 3.85. The quantitative estimate of drug-likeness (QED) is 0.734. The van der Waals surface area contributed by atoms with E-state index in [0.29, 0.717) is 11.7 Å². The molecule has 1 aliphatic carbocycles. The molecule has 6 rings (SSSR count). The number of nitrogens with zero attached hydrogens (tertiary/aromatic N) is 1. The highest BCUT2D eigenvalue weighted by atomic mass is 19.1. The third-order valence-electron chi connectivity index (χ3n) is 7.44. The normalized spacial score (nSPS) is 27.6. The van der Waals surface area contributed by atoms with Crippen molar-refractivity contribution in [3.05, 3.63) is 53.3 Å². The number of methoxy groups -OCH3 is 1. The molecule has 32 heavy (non-hydrogen) atoms. The van der Waals surface area contributed by atoms with Gasteiger partial charge in [0.2, 0.25) is 0 Å². The van der Waals surface area contributed by atoms with E-state index in [4.69, 9.17) is 9.47 Å². The number of piperidine rings is 3. The summed E-state index contributed by atoms with van der Waals surface area (Å²) in [7, 11) is 1.54. The number of fused-ring (bicyclic) bond motifs is 4. The predicted octanol–water partition coefficient (Wildman–Crippen LogP) is 4.95. The molecular formula is C26H31FN2O3. The number of hydrogen-bond acceptors (Lipinski definition) is 4. The van der Waals surface area contributed by atoms with Crippen LogP contribution in [0.25, 0.3) is 11.1 Å². The van der Waals surface area contributed by atoms with Gasteiger partial charge in [-0.1, -0.05) is 32.0 Å². The van der Waals surface area contributed by atoms with E-state index in [9.17, 15) is 9.18 Å². The topological polar surface area (TPSA) is 50.8 Å². The number of carbonyl (C=O) groups excluding carboxylic acids is 1. The first kappa shape index (κ1) is 21.3. The molecule has 0 spiro atoms. The van der Waals surface area contributed by atoms with Crippen LogP contribution in [0.4, 0.5) is 9.18 Å². The SMILES string of the molecule is COc1cc(F)cc(-c2ccc3c(c2)CC(C)(C)C3NC(=O)O[C@@H]2CN3CCC2CC3)c1. The maximum absolute atomic E-state index is 14.0. The highest BCUT2D eigenvalue weighted by molar-refractivity contribution is 5.70. The third-order valence-corrected chi connectivity index (χ3v) is 7.44. The fraction of sp³-hybridized carbons (Fsp3) is 0.500. The lowest BCUT2D eigenvalue weighted by molar-refractivity contribution is -0.0348. The van der Waals surface area contributed by atoms with E-state index >= 15 is 0 Å². The Morgan fingerprint density at radius 3 is 2.59 bits per heavy atom. The zero-order valence-corrected chi connectivity index (χ0v) is 19.0. The molecule has 1 unspecified atom stereocenters. The summed E-state index contributed by atoms with van der Waals surface area (Å²) in [6, 6.07) is 10.8. The van der Waals surface area contributed by atoms with Gasteiger partial charge in [-0.2, -0.15) is 0 Å². The summed E-state index contributed by atoms with van der Waals surface area (Å²) in [6.45, 7) is 7.42. The Morgan fingerprint density at radius 2 is 1.91 bits per heavy atom. The Bertz CT molecular complexity index is 1030. The van der Waals surface area contributed by atoms with Crippen molar-refractivity contribution in [3.63, 3.8) is 0 Å². The molecule has 2 aromatic rings. The molecule has 1 amide bonds. The van der Waals surface area contributed by atoms with Crippen LogP contribution in [0, 0.1) is 17.2 Å². The Hall–Kier alpha value is -2.60. The average Bonchev–Trinajstić information content (AvgIpc) is 3.02. The molecule has 3 saturated heterocycles. The first-order chi connectivity index (χ1) is 15.3. The van der Waals surface area contributed by atoms with Gasteiger partial charge in [0, 0.05) is 12.6 Å². The monoisotopic (exact) mass is 438 g/mol. The van der Waals surface area contributed by atoms with Gasteiger partial charge in [0.05, 0.1) is 13.2 Å². The largest absolute Gasteiger partial charge is 0.497 e. The Kier molecular flexibility index (Phi) is 5.36. The summed E-state index contributed by atoms with van der Waals surface area (Å²) in [5, 5.41) is 3.16. The number of nitrogens with one attached hydrogen (secondary N) is 1. The van der Waals surface area contributed by atoms with Gasteiger partial charge in [0.15, 0.2) is 0 Å². The standard InChI is InChI=1S/C26H31FN2O3/c1-26(2)14-19-10-17(18-11-20(27)13-21(12-18)31-3)4-5-22(19)24(26)28-25(30)32-23-15-29-8-6-16(23)7-9-29/h4-5,10-13,16,23-24H,6-9,14-15H2,1-3H3,(H,28,30)/t23-,24?/m1/s1. The first-order valence-electron chi connectivity index (χ1n) is 11.5. The van der Waals surface area contributed by atoms with Crippen molar-refractivity contribution in [1.29, 1.82) is 0 Å². The van der Waals surface area contributed by atoms with Crippen molar-refractivity contribution in [2.24, 2.45) is 11.3 Å². The smallest absolute Gasteiger partial charge is 0.407 e. The van der Waals surface area contributed by atoms with Crippen molar-refractivity contribution >= 4 is 6.09 Å². The van der Waals surface area contributed by atoms with E-state index in [0.717, 1.165) is 55.6 Å². The van der Waals surface area contributed by atoms with Gasteiger partial charge in [-0.3, -0.25) is 4.90 Å². The lowest BCUT2D eigenvalue weighted by atomic mass is 9.85. The second-order valence-electron chi connectivity index (χ2n) is 10.1. The molecule has 3 heterocycles. The molecule has 2 aromatic carbocycles. The first-order valence-corrected chi connectivity index (χ1v) is 11.5. The molecule has 0 aromatic heterocycles. The number of alkyl carbamates (subject to hydrolysis) is 1. The van der Waals surface area contributed by atoms with Crippen molar-refractivity contribution in [2.45, 2.75) is 45.3 Å². The average molecular weight is 439 g/mol. The summed E-state index contributed by atoms with van der Waals surface area (Å²) < 4.78 is 25.1. The lowest BCUT2D eigenvalue weighted by Gasteiger charge is -2.44. The van der Waals surface area contributed by atoms with Crippen molar-refractivity contribution in [2.75, 3.05) is 26.7 Å². The Labute approximate surface area is 188 Å². The van der Waals surface area contributed by atoms with E-state index in [-0.39, 0.29) is 29.5 Å². The minimum atomic E-state index is -0.325. The summed E-state index contributed by atoms with van der Waals surface area (Å²) in [4.78, 5) is 15.2. The van der Waals surface area contributed by atoms with Gasteiger partial charge in [-0.25, -0.2) is 9.18 Å². The number of halogens is 1. The number of benzene rings is 2. The Morgan fingerprint density at radius 1 is 1.12 bits per heavy atom. The zero-order valence-electron chi connectivity index (χ0n) is 19.0. The van der Waals surface area contributed by atoms with E-state index < -0.39 is 0 Å². The van der Waals surface area contributed by atoms with Gasteiger partial charge < -0.3 is 14.8 Å². The lowest BCUT2D eigenvalue weighted by Crippen LogP contribution is -2.53. The third kappa shape index (κ3) is 3.96. The van der Waals surface area contributed by atoms with Crippen LogP contribution in [-0.2, 0) is 11.2 Å². The van der Waals surface area contributed by atoms with E-state index in [2.05, 4.69) is 36.2 Å². The fourth-order valence-electron chi connectivity index (χ4n) is 5.69. The summed E-state index contributed by atoms with van der Waals surface area (Å²) >= 11 is 0. The minimum absolute atomic E-state index is 0.00757. The molecule has 0 radical (unpaired) electrons. The maximum Gasteiger partial charge on any atom is 0.407 e. The second-order valence-corrected chi connectivity index (χ2v) is 10.1. The fourth-order valence-corrected chi connectivity index (χ4v) is 5.69. The minimum Gasteiger partial charge on any atom is -0.497 e. The number of amides is 1. The van der Waals surface area contributed by atoms with Gasteiger partial charge in [0.1, 0.15) is 17.7 Å². The molecule has 170 valence electrons. The molecule has 6 heteroatoms. The van der Waals surface area contributed by atoms with Gasteiger partial charge in [-0.15, -0.1) is 0 Å². The van der Waals surface area contributed by atoms with Crippen LogP contribution in [0.3, 0.4) is 0 Å². The Balaban J connectivity index is 1.34. The van der Waals surface area contributed by atoms with Crippen molar-refractivity contribution in [1.82, 2.24) is 10.2 Å². The van der Waals surface area contributed by atoms with Crippen LogP contribution in [0.1, 0.15) is 43.9 Å². The highest BCUT2D eigenvalue weighted by Gasteiger charge is 2.42. The molecule has 3 aliphatic heterocycles. The van der Waals surface area contributed by atoms with Crippen LogP contribution in [0.5, 0.6) is 5.75 Å². The van der Waals surface area contributed by atoms with Crippen molar-refractivity contribution in [3.8, 4) is 16.9 Å². The number of rotatable bonds is 4. The van der Waals surface area contributed by atoms with Crippen LogP contribution in [-0.4, -0.2) is 43.8 Å². The van der Waals surface area contributed by atoms with Gasteiger partial charge in [0.25, 0.3) is 0 Å². The van der Waals surface area contributed by atoms with Crippen LogP contribution in [0.2, 0.25) is 0 Å². The summed E-state index contributed by atoms with van der Waals surface area (Å²) in [6.07, 6.45) is 2.72. The second kappa shape index (κ2) is 8.07. The number of ether oxygens (including phenoxy) is 2. The molecule has 3 fully saturated rings. The van der Waals surface area contributed by atoms with Crippen LogP contribution in [0.15, 0.2) is 36.4 Å². The molecule has 1 N–H and O–H groups in total. The predicted molar refractivity (Wildman–Crippen MR) is 121 cm³/mol. The number of carbonyl (C=O) groups is 1. The molecule has 2 bridgehead atoms. The van der Waals surface area contributed by atoms with E-state index in [1.165, 1.54) is 24.8 Å². The van der Waals surface area contributed by atoms with E-state index in [1.807, 2.05) is 12.1 Å². The molecule has 4 aliphatic rings. The zero-order chi connectivity index (χ0) is 22.5. The summed E-state index contributed by atoms with van der Waals surface area (Å²) in [5.74, 6) is 0.659. The van der Waals surface area contributed by atoms with Gasteiger partial charge in [-0.05, 0) is 78.1 Å². The molecule has 0 saturated carbocycles. The van der Waals surface area contributed by atoms with Gasteiger partial charge >= 0.3 is 6.09 Å². The molecular weight excluding hydrogens is 407 g/mol. The number of hydrogen-bond donors (Lipinski definition) is 1.